The zero-order chi connectivity index (χ0) is 20.1. The number of fused-ring (bicyclic) bond motifs is 1. The Bertz CT molecular complexity index is 938. The number of hydrogen-bond donors (Lipinski definition) is 1. The Morgan fingerprint density at radius 2 is 1.72 bits per heavy atom. The smallest absolute Gasteiger partial charge is 0.164 e. The van der Waals surface area contributed by atoms with Crippen molar-refractivity contribution in [1.29, 1.82) is 0 Å². The molecule has 29 heavy (non-hydrogen) atoms. The Hall–Kier alpha value is -2.98. The number of rotatable bonds is 7. The molecule has 1 N–H and O–H groups in total. The van der Waals surface area contributed by atoms with Gasteiger partial charge in [-0.3, -0.25) is 0 Å². The summed E-state index contributed by atoms with van der Waals surface area (Å²) in [5.41, 5.74) is 4.86. The predicted molar refractivity (Wildman–Crippen MR) is 115 cm³/mol. The maximum Gasteiger partial charge on any atom is 0.164 e. The zero-order valence-electron chi connectivity index (χ0n) is 17.0. The molecule has 0 aliphatic carbocycles. The van der Waals surface area contributed by atoms with Crippen LogP contribution in [0.4, 0.5) is 0 Å². The Morgan fingerprint density at radius 3 is 2.45 bits per heavy atom. The van der Waals surface area contributed by atoms with E-state index < -0.39 is 0 Å². The van der Waals surface area contributed by atoms with Crippen LogP contribution in [0.2, 0.25) is 0 Å². The predicted octanol–water partition coefficient (Wildman–Crippen LogP) is 4.91. The molecule has 150 valence electrons. The van der Waals surface area contributed by atoms with Crippen LogP contribution in [0.15, 0.2) is 66.7 Å². The highest BCUT2D eigenvalue weighted by Crippen LogP contribution is 2.40. The van der Waals surface area contributed by atoms with E-state index in [0.29, 0.717) is 13.2 Å². The fourth-order valence-corrected chi connectivity index (χ4v) is 3.86. The summed E-state index contributed by atoms with van der Waals surface area (Å²) in [7, 11) is 1.69. The summed E-state index contributed by atoms with van der Waals surface area (Å²) in [4.78, 5) is 0. The fourth-order valence-electron chi connectivity index (χ4n) is 3.86. The van der Waals surface area contributed by atoms with Gasteiger partial charge >= 0.3 is 0 Å². The van der Waals surface area contributed by atoms with Crippen LogP contribution in [-0.4, -0.2) is 20.3 Å². The molecule has 1 unspecified atom stereocenters. The van der Waals surface area contributed by atoms with Crippen molar-refractivity contribution in [2.24, 2.45) is 0 Å². The first-order chi connectivity index (χ1) is 14.3. The zero-order valence-corrected chi connectivity index (χ0v) is 17.0. The molecule has 4 nitrogen and oxygen atoms in total. The molecule has 1 heterocycles. The highest BCUT2D eigenvalue weighted by atomic mass is 16.5. The first-order valence-electron chi connectivity index (χ1n) is 10.1. The normalized spacial score (nSPS) is 15.4. The molecule has 0 amide bonds. The number of ether oxygens (including phenoxy) is 3. The van der Waals surface area contributed by atoms with Crippen molar-refractivity contribution in [2.75, 3.05) is 20.3 Å². The molecule has 0 saturated carbocycles. The van der Waals surface area contributed by atoms with Crippen molar-refractivity contribution in [3.8, 4) is 17.2 Å². The van der Waals surface area contributed by atoms with E-state index in [1.807, 2.05) is 43.3 Å². The molecule has 1 atom stereocenters. The quantitative estimate of drug-likeness (QED) is 0.623. The van der Waals surface area contributed by atoms with Gasteiger partial charge in [-0.2, -0.15) is 0 Å². The molecule has 3 aromatic carbocycles. The lowest BCUT2D eigenvalue weighted by molar-refractivity contribution is 0.304. The van der Waals surface area contributed by atoms with E-state index in [0.717, 1.165) is 35.8 Å². The summed E-state index contributed by atoms with van der Waals surface area (Å²) in [5, 5.41) is 3.64. The van der Waals surface area contributed by atoms with E-state index in [-0.39, 0.29) is 6.04 Å². The minimum absolute atomic E-state index is 0.132. The molecule has 1 aliphatic rings. The van der Waals surface area contributed by atoms with Gasteiger partial charge in [-0.1, -0.05) is 48.5 Å². The Labute approximate surface area is 172 Å². The topological polar surface area (TPSA) is 39.7 Å². The molecule has 0 fully saturated rings. The lowest BCUT2D eigenvalue weighted by atomic mass is 9.89. The molecule has 0 saturated heterocycles. The third-order valence-electron chi connectivity index (χ3n) is 5.27. The second-order valence-corrected chi connectivity index (χ2v) is 7.08. The molecule has 1 aliphatic heterocycles. The second-order valence-electron chi connectivity index (χ2n) is 7.08. The van der Waals surface area contributed by atoms with Gasteiger partial charge in [0, 0.05) is 12.1 Å². The summed E-state index contributed by atoms with van der Waals surface area (Å²) < 4.78 is 17.4. The Balaban J connectivity index is 1.54. The molecule has 0 spiro atoms. The van der Waals surface area contributed by atoms with Crippen LogP contribution in [0.5, 0.6) is 17.2 Å². The molecular formula is C25H27NO3. The van der Waals surface area contributed by atoms with Crippen LogP contribution in [0, 0.1) is 0 Å². The van der Waals surface area contributed by atoms with Gasteiger partial charge in [-0.25, -0.2) is 0 Å². The van der Waals surface area contributed by atoms with Gasteiger partial charge in [0.15, 0.2) is 11.5 Å². The average molecular weight is 389 g/mol. The SMILES string of the molecule is CCOc1c(OC)ccc2c1CCNC2c1ccc(OCc2ccccc2)cc1. The van der Waals surface area contributed by atoms with Crippen LogP contribution < -0.4 is 19.5 Å². The van der Waals surface area contributed by atoms with Gasteiger partial charge in [0.25, 0.3) is 0 Å². The molecule has 0 bridgehead atoms. The van der Waals surface area contributed by atoms with Crippen molar-refractivity contribution >= 4 is 0 Å². The number of nitrogens with one attached hydrogen (secondary N) is 1. The minimum Gasteiger partial charge on any atom is -0.493 e. The lowest BCUT2D eigenvalue weighted by Crippen LogP contribution is -2.31. The maximum absolute atomic E-state index is 5.93. The van der Waals surface area contributed by atoms with E-state index in [4.69, 9.17) is 14.2 Å². The number of hydrogen-bond acceptors (Lipinski definition) is 4. The van der Waals surface area contributed by atoms with Crippen molar-refractivity contribution in [2.45, 2.75) is 26.0 Å². The number of methoxy groups -OCH3 is 1. The minimum atomic E-state index is 0.132. The lowest BCUT2D eigenvalue weighted by Gasteiger charge is -2.29. The Kier molecular flexibility index (Phi) is 6.01. The van der Waals surface area contributed by atoms with Gasteiger partial charge in [0.1, 0.15) is 12.4 Å². The summed E-state index contributed by atoms with van der Waals surface area (Å²) in [5.74, 6) is 2.55. The van der Waals surface area contributed by atoms with Gasteiger partial charge in [0.05, 0.1) is 19.8 Å². The molecule has 3 aromatic rings. The van der Waals surface area contributed by atoms with Crippen LogP contribution >= 0.6 is 0 Å². The van der Waals surface area contributed by atoms with E-state index in [1.165, 1.54) is 16.7 Å². The first kappa shape index (κ1) is 19.3. The highest BCUT2D eigenvalue weighted by molar-refractivity contribution is 5.54. The van der Waals surface area contributed by atoms with Crippen LogP contribution in [0.3, 0.4) is 0 Å². The standard InChI is InChI=1S/C25H27NO3/c1-3-28-25-22-15-16-26-24(21(22)13-14-23(25)27-2)19-9-11-20(12-10-19)29-17-18-7-5-4-6-8-18/h4-14,24,26H,3,15-17H2,1-2H3. The molecular weight excluding hydrogens is 362 g/mol. The van der Waals surface area contributed by atoms with Gasteiger partial charge < -0.3 is 19.5 Å². The van der Waals surface area contributed by atoms with E-state index in [2.05, 4.69) is 35.6 Å². The summed E-state index contributed by atoms with van der Waals surface area (Å²) in [6.45, 7) is 4.10. The van der Waals surface area contributed by atoms with Crippen LogP contribution in [0.1, 0.15) is 35.2 Å². The third-order valence-corrected chi connectivity index (χ3v) is 5.27. The average Bonchev–Trinajstić information content (AvgIpc) is 2.79. The summed E-state index contributed by atoms with van der Waals surface area (Å²) in [6.07, 6.45) is 0.927. The molecule has 4 heteroatoms. The van der Waals surface area contributed by atoms with E-state index >= 15 is 0 Å². The molecule has 0 radical (unpaired) electrons. The second kappa shape index (κ2) is 9.01. The van der Waals surface area contributed by atoms with Crippen LogP contribution in [-0.2, 0) is 13.0 Å². The Morgan fingerprint density at radius 1 is 0.931 bits per heavy atom. The summed E-state index contributed by atoms with van der Waals surface area (Å²) >= 11 is 0. The third kappa shape index (κ3) is 4.22. The van der Waals surface area contributed by atoms with Crippen LogP contribution in [0.25, 0.3) is 0 Å². The van der Waals surface area contributed by atoms with Crippen molar-refractivity contribution in [1.82, 2.24) is 5.32 Å². The first-order valence-corrected chi connectivity index (χ1v) is 10.1. The monoisotopic (exact) mass is 389 g/mol. The van der Waals surface area contributed by atoms with E-state index in [9.17, 15) is 0 Å². The highest BCUT2D eigenvalue weighted by Gasteiger charge is 2.26. The number of benzene rings is 3. The van der Waals surface area contributed by atoms with Crippen molar-refractivity contribution in [3.05, 3.63) is 89.0 Å². The summed E-state index contributed by atoms with van der Waals surface area (Å²) in [6, 6.07) is 22.8. The van der Waals surface area contributed by atoms with Crippen molar-refractivity contribution < 1.29 is 14.2 Å². The molecule has 0 aromatic heterocycles. The van der Waals surface area contributed by atoms with Gasteiger partial charge in [0.2, 0.25) is 0 Å². The largest absolute Gasteiger partial charge is 0.493 e. The van der Waals surface area contributed by atoms with E-state index in [1.54, 1.807) is 7.11 Å². The van der Waals surface area contributed by atoms with Gasteiger partial charge in [-0.05, 0) is 48.2 Å². The van der Waals surface area contributed by atoms with Gasteiger partial charge in [-0.15, -0.1) is 0 Å². The molecule has 4 rings (SSSR count). The van der Waals surface area contributed by atoms with Crippen molar-refractivity contribution in [3.63, 3.8) is 0 Å². The maximum atomic E-state index is 5.93. The fraction of sp³-hybridized carbons (Fsp3) is 0.280.